The van der Waals surface area contributed by atoms with E-state index in [1.54, 1.807) is 0 Å². The minimum absolute atomic E-state index is 0.276. The normalized spacial score (nSPS) is 10.5. The first kappa shape index (κ1) is 13.9. The van der Waals surface area contributed by atoms with Gasteiger partial charge in [0.1, 0.15) is 18.2 Å². The van der Waals surface area contributed by atoms with Crippen molar-refractivity contribution in [2.75, 3.05) is 26.9 Å². The highest BCUT2D eigenvalue weighted by molar-refractivity contribution is 5.29. The van der Waals surface area contributed by atoms with Gasteiger partial charge in [-0.25, -0.2) is 4.39 Å². The van der Waals surface area contributed by atoms with Crippen LogP contribution in [0.5, 0.6) is 5.75 Å². The summed E-state index contributed by atoms with van der Waals surface area (Å²) in [5.41, 5.74) is 0.872. The van der Waals surface area contributed by atoms with Crippen molar-refractivity contribution in [3.63, 3.8) is 0 Å². The Morgan fingerprint density at radius 2 is 2.00 bits per heavy atom. The fourth-order valence-electron chi connectivity index (χ4n) is 1.48. The van der Waals surface area contributed by atoms with Crippen LogP contribution in [0, 0.1) is 5.82 Å². The third kappa shape index (κ3) is 5.65. The Kier molecular flexibility index (Phi) is 6.58. The summed E-state index contributed by atoms with van der Waals surface area (Å²) in [7, 11) is 1.82. The van der Waals surface area contributed by atoms with Crippen LogP contribution in [-0.4, -0.2) is 26.9 Å². The molecule has 0 fully saturated rings. The lowest BCUT2D eigenvalue weighted by Crippen LogP contribution is -2.09. The van der Waals surface area contributed by atoms with Crippen LogP contribution >= 0.6 is 0 Å². The van der Waals surface area contributed by atoms with Gasteiger partial charge in [-0.15, -0.1) is 0 Å². The third-order valence-electron chi connectivity index (χ3n) is 2.16. The molecule has 0 aliphatic heterocycles. The van der Waals surface area contributed by atoms with Crippen molar-refractivity contribution in [2.45, 2.75) is 19.9 Å². The van der Waals surface area contributed by atoms with Gasteiger partial charge < -0.3 is 14.8 Å². The first-order chi connectivity index (χ1) is 8.26. The molecule has 0 bridgehead atoms. The zero-order valence-electron chi connectivity index (χ0n) is 10.5. The molecule has 3 nitrogen and oxygen atoms in total. The number of nitrogens with one attached hydrogen (secondary N) is 1. The van der Waals surface area contributed by atoms with E-state index in [9.17, 15) is 4.39 Å². The van der Waals surface area contributed by atoms with Crippen molar-refractivity contribution < 1.29 is 13.9 Å². The lowest BCUT2D eigenvalue weighted by Gasteiger charge is -2.08. The van der Waals surface area contributed by atoms with Gasteiger partial charge in [0.15, 0.2) is 0 Å². The summed E-state index contributed by atoms with van der Waals surface area (Å²) in [6, 6.07) is 4.72. The van der Waals surface area contributed by atoms with Crippen molar-refractivity contribution in [2.24, 2.45) is 0 Å². The Hall–Kier alpha value is -1.13. The molecule has 0 amide bonds. The van der Waals surface area contributed by atoms with Gasteiger partial charge in [-0.2, -0.15) is 0 Å². The predicted octanol–water partition coefficient (Wildman–Crippen LogP) is 2.35. The lowest BCUT2D eigenvalue weighted by atomic mass is 10.2. The highest BCUT2D eigenvalue weighted by atomic mass is 19.1. The number of ether oxygens (including phenoxy) is 2. The SMILES string of the molecule is CCCOCCOc1cc(F)cc(CNC)c1. The summed E-state index contributed by atoms with van der Waals surface area (Å²) in [5.74, 6) is 0.276. The zero-order chi connectivity index (χ0) is 12.5. The van der Waals surface area contributed by atoms with E-state index in [0.717, 1.165) is 18.6 Å². The van der Waals surface area contributed by atoms with Crippen molar-refractivity contribution >= 4 is 0 Å². The van der Waals surface area contributed by atoms with Crippen LogP contribution in [0.15, 0.2) is 18.2 Å². The highest BCUT2D eigenvalue weighted by Gasteiger charge is 2.01. The summed E-state index contributed by atoms with van der Waals surface area (Å²) >= 11 is 0. The molecule has 1 N–H and O–H groups in total. The Balaban J connectivity index is 2.41. The fourth-order valence-corrected chi connectivity index (χ4v) is 1.48. The second-order valence-corrected chi connectivity index (χ2v) is 3.79. The quantitative estimate of drug-likeness (QED) is 0.709. The largest absolute Gasteiger partial charge is 0.491 e. The molecule has 0 saturated carbocycles. The Morgan fingerprint density at radius 1 is 1.18 bits per heavy atom. The van der Waals surface area contributed by atoms with Crippen LogP contribution in [0.25, 0.3) is 0 Å². The van der Waals surface area contributed by atoms with Crippen LogP contribution in [0.1, 0.15) is 18.9 Å². The average Bonchev–Trinajstić information content (AvgIpc) is 2.28. The molecule has 0 radical (unpaired) electrons. The molecular formula is C13H20FNO2. The van der Waals surface area contributed by atoms with Gasteiger partial charge in [0.25, 0.3) is 0 Å². The standard InChI is InChI=1S/C13H20FNO2/c1-3-4-16-5-6-17-13-8-11(10-15-2)7-12(14)9-13/h7-9,15H,3-6,10H2,1-2H3. The summed E-state index contributed by atoms with van der Waals surface area (Å²) in [6.07, 6.45) is 0.992. The van der Waals surface area contributed by atoms with Gasteiger partial charge in [0.05, 0.1) is 6.61 Å². The van der Waals surface area contributed by atoms with E-state index >= 15 is 0 Å². The van der Waals surface area contributed by atoms with Crippen LogP contribution in [0.2, 0.25) is 0 Å². The van der Waals surface area contributed by atoms with E-state index in [4.69, 9.17) is 9.47 Å². The van der Waals surface area contributed by atoms with Gasteiger partial charge in [0, 0.05) is 19.2 Å². The van der Waals surface area contributed by atoms with Gasteiger partial charge in [-0.3, -0.25) is 0 Å². The molecule has 1 aromatic rings. The molecule has 0 spiro atoms. The number of halogens is 1. The molecule has 0 heterocycles. The van der Waals surface area contributed by atoms with Crippen LogP contribution in [0.3, 0.4) is 0 Å². The number of benzene rings is 1. The van der Waals surface area contributed by atoms with Crippen LogP contribution in [-0.2, 0) is 11.3 Å². The van der Waals surface area contributed by atoms with Crippen molar-refractivity contribution in [3.8, 4) is 5.75 Å². The number of hydrogen-bond acceptors (Lipinski definition) is 3. The third-order valence-corrected chi connectivity index (χ3v) is 2.16. The van der Waals surface area contributed by atoms with E-state index in [2.05, 4.69) is 12.2 Å². The van der Waals surface area contributed by atoms with Crippen molar-refractivity contribution in [1.82, 2.24) is 5.32 Å². The van der Waals surface area contributed by atoms with Gasteiger partial charge >= 0.3 is 0 Å². The van der Waals surface area contributed by atoms with Crippen LogP contribution in [0.4, 0.5) is 4.39 Å². The number of hydrogen-bond donors (Lipinski definition) is 1. The summed E-state index contributed by atoms with van der Waals surface area (Å²) in [6.45, 7) is 4.39. The molecule has 1 rings (SSSR count). The molecule has 0 unspecified atom stereocenters. The minimum Gasteiger partial charge on any atom is -0.491 e. The maximum absolute atomic E-state index is 13.2. The zero-order valence-corrected chi connectivity index (χ0v) is 10.5. The molecule has 0 atom stereocenters. The van der Waals surface area contributed by atoms with Gasteiger partial charge in [-0.1, -0.05) is 6.92 Å². The van der Waals surface area contributed by atoms with Gasteiger partial charge in [-0.05, 0) is 31.2 Å². The summed E-state index contributed by atoms with van der Waals surface area (Å²) < 4.78 is 24.0. The topological polar surface area (TPSA) is 30.5 Å². The van der Waals surface area contributed by atoms with E-state index < -0.39 is 0 Å². The highest BCUT2D eigenvalue weighted by Crippen LogP contribution is 2.16. The van der Waals surface area contributed by atoms with Gasteiger partial charge in [0.2, 0.25) is 0 Å². The van der Waals surface area contributed by atoms with Crippen molar-refractivity contribution in [1.29, 1.82) is 0 Å². The van der Waals surface area contributed by atoms with E-state index in [-0.39, 0.29) is 5.82 Å². The smallest absolute Gasteiger partial charge is 0.127 e. The molecule has 0 saturated heterocycles. The Bertz CT molecular complexity index is 331. The second kappa shape index (κ2) is 8.03. The molecule has 1 aromatic carbocycles. The number of rotatable bonds is 8. The Morgan fingerprint density at radius 3 is 2.71 bits per heavy atom. The van der Waals surface area contributed by atoms with Crippen LogP contribution < -0.4 is 10.1 Å². The molecule has 0 aliphatic rings. The second-order valence-electron chi connectivity index (χ2n) is 3.79. The predicted molar refractivity (Wildman–Crippen MR) is 65.8 cm³/mol. The fraction of sp³-hybridized carbons (Fsp3) is 0.538. The van der Waals surface area contributed by atoms with E-state index in [1.165, 1.54) is 12.1 Å². The average molecular weight is 241 g/mol. The first-order valence-electron chi connectivity index (χ1n) is 5.91. The molecule has 96 valence electrons. The maximum Gasteiger partial charge on any atom is 0.127 e. The maximum atomic E-state index is 13.2. The van der Waals surface area contributed by atoms with E-state index in [1.807, 2.05) is 13.1 Å². The molecule has 0 aromatic heterocycles. The monoisotopic (exact) mass is 241 g/mol. The first-order valence-corrected chi connectivity index (χ1v) is 5.91. The molecule has 4 heteroatoms. The summed E-state index contributed by atoms with van der Waals surface area (Å²) in [5, 5.41) is 2.98. The molecule has 17 heavy (non-hydrogen) atoms. The molecule has 0 aliphatic carbocycles. The molecular weight excluding hydrogens is 221 g/mol. The summed E-state index contributed by atoms with van der Waals surface area (Å²) in [4.78, 5) is 0. The Labute approximate surface area is 102 Å². The minimum atomic E-state index is -0.276. The van der Waals surface area contributed by atoms with E-state index in [0.29, 0.717) is 25.5 Å². The lowest BCUT2D eigenvalue weighted by molar-refractivity contribution is 0.100. The van der Waals surface area contributed by atoms with Crippen molar-refractivity contribution in [3.05, 3.63) is 29.6 Å².